The molecule has 1 amide bonds. The van der Waals surface area contributed by atoms with Crippen molar-refractivity contribution in [3.05, 3.63) is 59.2 Å². The molecule has 6 nitrogen and oxygen atoms in total. The van der Waals surface area contributed by atoms with Crippen molar-refractivity contribution in [2.45, 2.75) is 26.8 Å². The fraction of sp³-hybridized carbons (Fsp3) is 0.294. The van der Waals surface area contributed by atoms with Crippen LogP contribution in [0.4, 0.5) is 8.78 Å². The third-order valence-corrected chi connectivity index (χ3v) is 3.52. The van der Waals surface area contributed by atoms with Crippen LogP contribution in [-0.4, -0.2) is 27.0 Å². The molecular weight excluding hydrogens is 332 g/mol. The summed E-state index contributed by atoms with van der Waals surface area (Å²) in [4.78, 5) is 30.5. The van der Waals surface area contributed by atoms with E-state index in [9.17, 15) is 18.4 Å². The molecule has 1 aromatic carbocycles. The second-order valence-corrected chi connectivity index (χ2v) is 6.53. The van der Waals surface area contributed by atoms with Crippen LogP contribution in [-0.2, 0) is 0 Å². The summed E-state index contributed by atoms with van der Waals surface area (Å²) in [6.07, 6.45) is 1.99. The van der Waals surface area contributed by atoms with Crippen molar-refractivity contribution in [3.8, 4) is 0 Å². The molecular formula is C17H17F2N3O3. The normalized spacial score (nSPS) is 12.5. The average molecular weight is 349 g/mol. The molecule has 0 aliphatic carbocycles. The molecule has 0 spiro atoms. The van der Waals surface area contributed by atoms with Crippen molar-refractivity contribution in [1.82, 2.24) is 15.3 Å². The Hall–Kier alpha value is -2.90. The van der Waals surface area contributed by atoms with Crippen molar-refractivity contribution < 1.29 is 23.5 Å². The van der Waals surface area contributed by atoms with Crippen molar-refractivity contribution in [2.75, 3.05) is 0 Å². The van der Waals surface area contributed by atoms with E-state index in [0.29, 0.717) is 0 Å². The van der Waals surface area contributed by atoms with Crippen LogP contribution >= 0.6 is 0 Å². The van der Waals surface area contributed by atoms with E-state index in [-0.39, 0.29) is 17.0 Å². The standard InChI is InChI=1S/C17H17F2N3O3/c1-17(2,3)14(10-5-4-9(18)6-11(10)19)22-15(23)12-7-21-13(8-20-12)16(24)25/h4-8,14H,1-3H3,(H,22,23)(H,24,25). The number of nitrogens with zero attached hydrogens (tertiary/aromatic N) is 2. The summed E-state index contributed by atoms with van der Waals surface area (Å²) in [5.41, 5.74) is -0.851. The minimum absolute atomic E-state index is 0.109. The molecule has 2 N–H and O–H groups in total. The molecule has 2 rings (SSSR count). The molecule has 8 heteroatoms. The zero-order valence-corrected chi connectivity index (χ0v) is 13.9. The van der Waals surface area contributed by atoms with E-state index in [1.165, 1.54) is 6.07 Å². The molecule has 25 heavy (non-hydrogen) atoms. The van der Waals surface area contributed by atoms with Crippen LogP contribution in [0, 0.1) is 17.0 Å². The van der Waals surface area contributed by atoms with Gasteiger partial charge in [0.05, 0.1) is 18.4 Å². The predicted molar refractivity (Wildman–Crippen MR) is 85.0 cm³/mol. The molecule has 1 atom stereocenters. The van der Waals surface area contributed by atoms with Crippen molar-refractivity contribution in [3.63, 3.8) is 0 Å². The number of rotatable bonds is 4. The van der Waals surface area contributed by atoms with Gasteiger partial charge < -0.3 is 10.4 Å². The van der Waals surface area contributed by atoms with E-state index in [2.05, 4.69) is 15.3 Å². The number of carbonyl (C=O) groups excluding carboxylic acids is 1. The lowest BCUT2D eigenvalue weighted by Gasteiger charge is -2.32. The van der Waals surface area contributed by atoms with Gasteiger partial charge >= 0.3 is 5.97 Å². The lowest BCUT2D eigenvalue weighted by atomic mass is 9.82. The van der Waals surface area contributed by atoms with Gasteiger partial charge in [-0.3, -0.25) is 4.79 Å². The molecule has 0 aliphatic rings. The first-order valence-corrected chi connectivity index (χ1v) is 7.40. The molecule has 0 saturated carbocycles. The topological polar surface area (TPSA) is 92.2 Å². The Bertz CT molecular complexity index is 802. The maximum atomic E-state index is 14.1. The second-order valence-electron chi connectivity index (χ2n) is 6.53. The highest BCUT2D eigenvalue weighted by atomic mass is 19.1. The molecule has 0 bridgehead atoms. The number of carboxylic acids is 1. The lowest BCUT2D eigenvalue weighted by Crippen LogP contribution is -2.37. The highest BCUT2D eigenvalue weighted by Crippen LogP contribution is 2.34. The van der Waals surface area contributed by atoms with Crippen molar-refractivity contribution in [2.24, 2.45) is 5.41 Å². The van der Waals surface area contributed by atoms with E-state index in [1.54, 1.807) is 20.8 Å². The number of benzene rings is 1. The van der Waals surface area contributed by atoms with Gasteiger partial charge in [0.25, 0.3) is 5.91 Å². The van der Waals surface area contributed by atoms with E-state index in [4.69, 9.17) is 5.11 Å². The Morgan fingerprint density at radius 1 is 1.12 bits per heavy atom. The van der Waals surface area contributed by atoms with Gasteiger partial charge in [0, 0.05) is 11.6 Å². The van der Waals surface area contributed by atoms with Crippen molar-refractivity contribution in [1.29, 1.82) is 0 Å². The molecule has 2 aromatic rings. The van der Waals surface area contributed by atoms with E-state index < -0.39 is 35.0 Å². The molecule has 0 aliphatic heterocycles. The van der Waals surface area contributed by atoms with Crippen LogP contribution in [0.25, 0.3) is 0 Å². The van der Waals surface area contributed by atoms with Gasteiger partial charge in [-0.25, -0.2) is 23.5 Å². The number of aromatic carboxylic acids is 1. The van der Waals surface area contributed by atoms with Gasteiger partial charge in [0.2, 0.25) is 0 Å². The quantitative estimate of drug-likeness (QED) is 0.885. The van der Waals surface area contributed by atoms with Gasteiger partial charge in [-0.05, 0) is 11.5 Å². The molecule has 1 aromatic heterocycles. The average Bonchev–Trinajstić information content (AvgIpc) is 2.52. The number of hydrogen-bond donors (Lipinski definition) is 2. The van der Waals surface area contributed by atoms with Crippen LogP contribution in [0.3, 0.4) is 0 Å². The molecule has 1 unspecified atom stereocenters. The Balaban J connectivity index is 2.31. The number of hydrogen-bond acceptors (Lipinski definition) is 4. The van der Waals surface area contributed by atoms with Gasteiger partial charge in [0.1, 0.15) is 17.3 Å². The molecule has 0 fully saturated rings. The van der Waals surface area contributed by atoms with Gasteiger partial charge in [-0.2, -0.15) is 0 Å². The summed E-state index contributed by atoms with van der Waals surface area (Å²) in [5, 5.41) is 11.4. The number of carbonyl (C=O) groups is 2. The van der Waals surface area contributed by atoms with E-state index in [0.717, 1.165) is 24.5 Å². The summed E-state index contributed by atoms with van der Waals surface area (Å²) in [7, 11) is 0. The number of halogens is 2. The summed E-state index contributed by atoms with van der Waals surface area (Å²) in [5.74, 6) is -3.39. The lowest BCUT2D eigenvalue weighted by molar-refractivity contribution is 0.0688. The van der Waals surface area contributed by atoms with Crippen LogP contribution in [0.2, 0.25) is 0 Å². The highest BCUT2D eigenvalue weighted by molar-refractivity contribution is 5.93. The summed E-state index contributed by atoms with van der Waals surface area (Å²) < 4.78 is 27.3. The molecule has 1 heterocycles. The fourth-order valence-corrected chi connectivity index (χ4v) is 2.26. The zero-order valence-electron chi connectivity index (χ0n) is 13.9. The first kappa shape index (κ1) is 18.4. The number of aromatic nitrogens is 2. The van der Waals surface area contributed by atoms with Gasteiger partial charge in [-0.15, -0.1) is 0 Å². The Morgan fingerprint density at radius 2 is 1.72 bits per heavy atom. The van der Waals surface area contributed by atoms with Crippen LogP contribution in [0.15, 0.2) is 30.6 Å². The minimum Gasteiger partial charge on any atom is -0.476 e. The number of amides is 1. The molecule has 0 radical (unpaired) electrons. The summed E-state index contributed by atoms with van der Waals surface area (Å²) >= 11 is 0. The summed E-state index contributed by atoms with van der Waals surface area (Å²) in [6.45, 7) is 5.37. The Kier molecular flexibility index (Phi) is 5.10. The first-order chi connectivity index (χ1) is 11.6. The molecule has 0 saturated heterocycles. The second kappa shape index (κ2) is 6.92. The van der Waals surface area contributed by atoms with Crippen LogP contribution < -0.4 is 5.32 Å². The smallest absolute Gasteiger partial charge is 0.356 e. The van der Waals surface area contributed by atoms with E-state index >= 15 is 0 Å². The third kappa shape index (κ3) is 4.34. The third-order valence-electron chi connectivity index (χ3n) is 3.52. The van der Waals surface area contributed by atoms with Gasteiger partial charge in [-0.1, -0.05) is 26.8 Å². The van der Waals surface area contributed by atoms with Gasteiger partial charge in [0.15, 0.2) is 5.69 Å². The molecule has 132 valence electrons. The fourth-order valence-electron chi connectivity index (χ4n) is 2.26. The monoisotopic (exact) mass is 349 g/mol. The SMILES string of the molecule is CC(C)(C)C(NC(=O)c1cnc(C(=O)O)cn1)c1ccc(F)cc1F. The van der Waals surface area contributed by atoms with Crippen LogP contribution in [0.5, 0.6) is 0 Å². The largest absolute Gasteiger partial charge is 0.476 e. The summed E-state index contributed by atoms with van der Waals surface area (Å²) in [6, 6.07) is 2.38. The maximum absolute atomic E-state index is 14.1. The maximum Gasteiger partial charge on any atom is 0.356 e. The van der Waals surface area contributed by atoms with Crippen molar-refractivity contribution >= 4 is 11.9 Å². The highest BCUT2D eigenvalue weighted by Gasteiger charge is 2.31. The Morgan fingerprint density at radius 3 is 2.20 bits per heavy atom. The number of carboxylic acid groups (broad SMARTS) is 1. The van der Waals surface area contributed by atoms with Crippen LogP contribution in [0.1, 0.15) is 53.4 Å². The first-order valence-electron chi connectivity index (χ1n) is 7.40. The zero-order chi connectivity index (χ0) is 18.8. The number of nitrogens with one attached hydrogen (secondary N) is 1. The predicted octanol–water partition coefficient (Wildman–Crippen LogP) is 2.97. The Labute approximate surface area is 142 Å². The van der Waals surface area contributed by atoms with E-state index in [1.807, 2.05) is 0 Å². The minimum atomic E-state index is -1.26.